The van der Waals surface area contributed by atoms with Crippen LogP contribution >= 0.6 is 0 Å². The van der Waals surface area contributed by atoms with Crippen molar-refractivity contribution < 1.29 is 9.59 Å². The van der Waals surface area contributed by atoms with Gasteiger partial charge in [0.15, 0.2) is 0 Å². The zero-order chi connectivity index (χ0) is 19.2. The summed E-state index contributed by atoms with van der Waals surface area (Å²) in [6.45, 7) is 7.92. The summed E-state index contributed by atoms with van der Waals surface area (Å²) >= 11 is 0. The van der Waals surface area contributed by atoms with Crippen LogP contribution in [0.1, 0.15) is 23.6 Å². The lowest BCUT2D eigenvalue weighted by molar-refractivity contribution is -0.132. The van der Waals surface area contributed by atoms with E-state index in [9.17, 15) is 9.59 Å². The van der Waals surface area contributed by atoms with E-state index in [-0.39, 0.29) is 11.8 Å². The second kappa shape index (κ2) is 8.82. The largest absolute Gasteiger partial charge is 0.340 e. The number of carbonyl (C=O) groups excluding carboxylic acids is 2. The van der Waals surface area contributed by atoms with E-state index >= 15 is 0 Å². The summed E-state index contributed by atoms with van der Waals surface area (Å²) in [5, 5.41) is 2.74. The van der Waals surface area contributed by atoms with E-state index in [2.05, 4.69) is 41.4 Å². The van der Waals surface area contributed by atoms with Crippen LogP contribution in [0.3, 0.4) is 0 Å². The summed E-state index contributed by atoms with van der Waals surface area (Å²) in [6.07, 6.45) is 0.401. The summed E-state index contributed by atoms with van der Waals surface area (Å²) in [6, 6.07) is 15.9. The highest BCUT2D eigenvalue weighted by Gasteiger charge is 2.21. The molecule has 0 atom stereocenters. The van der Waals surface area contributed by atoms with Crippen molar-refractivity contribution in [3.8, 4) is 0 Å². The number of nitrogens with one attached hydrogen (secondary N) is 1. The van der Waals surface area contributed by atoms with Crippen molar-refractivity contribution in [3.63, 3.8) is 0 Å². The topological polar surface area (TPSA) is 52.7 Å². The molecule has 0 radical (unpaired) electrons. The van der Waals surface area contributed by atoms with E-state index in [1.807, 2.05) is 29.2 Å². The molecule has 0 unspecified atom stereocenters. The fourth-order valence-electron chi connectivity index (χ4n) is 3.38. The maximum absolute atomic E-state index is 12.6. The number of carbonyl (C=O) groups is 2. The molecule has 5 nitrogen and oxygen atoms in total. The van der Waals surface area contributed by atoms with Gasteiger partial charge in [-0.05, 0) is 35.7 Å². The van der Waals surface area contributed by atoms with Gasteiger partial charge in [0.25, 0.3) is 0 Å². The first kappa shape index (κ1) is 19.1. The molecule has 1 heterocycles. The molecule has 2 amide bonds. The summed E-state index contributed by atoms with van der Waals surface area (Å²) in [5.74, 6) is 0.0696. The Morgan fingerprint density at radius 2 is 1.63 bits per heavy atom. The fourth-order valence-corrected chi connectivity index (χ4v) is 3.38. The molecule has 1 N–H and O–H groups in total. The second-order valence-corrected chi connectivity index (χ2v) is 7.14. The molecular formula is C22H27N3O2. The molecule has 1 fully saturated rings. The number of anilines is 1. The van der Waals surface area contributed by atoms with Crippen molar-refractivity contribution in [2.24, 2.45) is 0 Å². The number of hydrogen-bond acceptors (Lipinski definition) is 3. The predicted molar refractivity (Wildman–Crippen MR) is 107 cm³/mol. The first-order valence-electron chi connectivity index (χ1n) is 9.42. The lowest BCUT2D eigenvalue weighted by atomic mass is 10.1. The van der Waals surface area contributed by atoms with Crippen LogP contribution in [0, 0.1) is 6.92 Å². The summed E-state index contributed by atoms with van der Waals surface area (Å²) in [5.41, 5.74) is 4.40. The van der Waals surface area contributed by atoms with Crippen LogP contribution in [0.15, 0.2) is 48.5 Å². The third-order valence-electron chi connectivity index (χ3n) is 5.01. The third-order valence-corrected chi connectivity index (χ3v) is 5.01. The molecule has 3 rings (SSSR count). The van der Waals surface area contributed by atoms with E-state index in [0.717, 1.165) is 44.0 Å². The minimum atomic E-state index is -0.0950. The first-order chi connectivity index (χ1) is 13.0. The highest BCUT2D eigenvalue weighted by molar-refractivity contribution is 5.88. The smallest absolute Gasteiger partial charge is 0.227 e. The Morgan fingerprint density at radius 1 is 0.963 bits per heavy atom. The summed E-state index contributed by atoms with van der Waals surface area (Å²) < 4.78 is 0. The molecule has 1 saturated heterocycles. The van der Waals surface area contributed by atoms with Crippen LogP contribution in [0.4, 0.5) is 5.69 Å². The molecule has 0 aliphatic carbocycles. The van der Waals surface area contributed by atoms with Gasteiger partial charge in [0, 0.05) is 45.3 Å². The number of piperazine rings is 1. The van der Waals surface area contributed by atoms with Crippen LogP contribution in [0.25, 0.3) is 0 Å². The Labute approximate surface area is 161 Å². The third kappa shape index (κ3) is 5.41. The van der Waals surface area contributed by atoms with Gasteiger partial charge in [-0.2, -0.15) is 0 Å². The van der Waals surface area contributed by atoms with Gasteiger partial charge in [-0.1, -0.05) is 36.4 Å². The number of benzene rings is 2. The van der Waals surface area contributed by atoms with Gasteiger partial charge in [-0.25, -0.2) is 0 Å². The molecule has 0 saturated carbocycles. The van der Waals surface area contributed by atoms with Crippen molar-refractivity contribution in [2.75, 3.05) is 31.5 Å². The van der Waals surface area contributed by atoms with E-state index in [1.54, 1.807) is 0 Å². The maximum atomic E-state index is 12.6. The molecule has 27 heavy (non-hydrogen) atoms. The maximum Gasteiger partial charge on any atom is 0.227 e. The zero-order valence-electron chi connectivity index (χ0n) is 16.1. The Balaban J connectivity index is 1.48. The standard InChI is InChI=1S/C22H27N3O2/c1-17-5-3-4-6-20(17)16-24-11-13-25(14-12-24)22(27)15-19-7-9-21(10-8-19)23-18(2)26/h3-10H,11-16H2,1-2H3,(H,23,26). The number of nitrogens with zero attached hydrogens (tertiary/aromatic N) is 2. The molecule has 1 aliphatic heterocycles. The van der Waals surface area contributed by atoms with Crippen LogP contribution in [0.5, 0.6) is 0 Å². The molecule has 2 aromatic rings. The molecule has 2 aromatic carbocycles. The van der Waals surface area contributed by atoms with E-state index in [1.165, 1.54) is 18.1 Å². The predicted octanol–water partition coefficient (Wildman–Crippen LogP) is 2.84. The SMILES string of the molecule is CC(=O)Nc1ccc(CC(=O)N2CCN(Cc3ccccc3C)CC2)cc1. The average Bonchev–Trinajstić information content (AvgIpc) is 2.65. The molecule has 0 bridgehead atoms. The summed E-state index contributed by atoms with van der Waals surface area (Å²) in [7, 11) is 0. The molecule has 0 spiro atoms. The highest BCUT2D eigenvalue weighted by Crippen LogP contribution is 2.14. The van der Waals surface area contributed by atoms with Crippen molar-refractivity contribution in [1.29, 1.82) is 0 Å². The monoisotopic (exact) mass is 365 g/mol. The number of amides is 2. The van der Waals surface area contributed by atoms with Gasteiger partial charge in [-0.15, -0.1) is 0 Å². The van der Waals surface area contributed by atoms with Crippen LogP contribution in [-0.2, 0) is 22.6 Å². The summed E-state index contributed by atoms with van der Waals surface area (Å²) in [4.78, 5) is 28.0. The first-order valence-corrected chi connectivity index (χ1v) is 9.42. The van der Waals surface area contributed by atoms with Crippen LogP contribution in [-0.4, -0.2) is 47.8 Å². The Bertz CT molecular complexity index is 793. The quantitative estimate of drug-likeness (QED) is 0.886. The Hall–Kier alpha value is -2.66. The van der Waals surface area contributed by atoms with Crippen LogP contribution < -0.4 is 5.32 Å². The van der Waals surface area contributed by atoms with Crippen molar-refractivity contribution in [1.82, 2.24) is 9.80 Å². The normalized spacial score (nSPS) is 14.8. The van der Waals surface area contributed by atoms with Gasteiger partial charge < -0.3 is 10.2 Å². The van der Waals surface area contributed by atoms with Crippen molar-refractivity contribution in [2.45, 2.75) is 26.8 Å². The fraction of sp³-hybridized carbons (Fsp3) is 0.364. The molecule has 142 valence electrons. The number of rotatable bonds is 5. The number of aryl methyl sites for hydroxylation is 1. The minimum Gasteiger partial charge on any atom is -0.340 e. The Kier molecular flexibility index (Phi) is 6.24. The Morgan fingerprint density at radius 3 is 2.26 bits per heavy atom. The second-order valence-electron chi connectivity index (χ2n) is 7.14. The van der Waals surface area contributed by atoms with Gasteiger partial charge in [0.2, 0.25) is 11.8 Å². The van der Waals surface area contributed by atoms with E-state index in [4.69, 9.17) is 0 Å². The van der Waals surface area contributed by atoms with Crippen LogP contribution in [0.2, 0.25) is 0 Å². The lowest BCUT2D eigenvalue weighted by Crippen LogP contribution is -2.48. The molecule has 5 heteroatoms. The zero-order valence-corrected chi connectivity index (χ0v) is 16.1. The van der Waals surface area contributed by atoms with Gasteiger partial charge in [0.05, 0.1) is 6.42 Å². The average molecular weight is 365 g/mol. The minimum absolute atomic E-state index is 0.0950. The van der Waals surface area contributed by atoms with Crippen molar-refractivity contribution in [3.05, 3.63) is 65.2 Å². The van der Waals surface area contributed by atoms with Crippen molar-refractivity contribution >= 4 is 17.5 Å². The highest BCUT2D eigenvalue weighted by atomic mass is 16.2. The molecule has 1 aliphatic rings. The van der Waals surface area contributed by atoms with E-state index < -0.39 is 0 Å². The molecular weight excluding hydrogens is 338 g/mol. The molecule has 0 aromatic heterocycles. The van der Waals surface area contributed by atoms with Gasteiger partial charge >= 0.3 is 0 Å². The van der Waals surface area contributed by atoms with E-state index in [0.29, 0.717) is 6.42 Å². The van der Waals surface area contributed by atoms with Gasteiger partial charge in [-0.3, -0.25) is 14.5 Å². The number of hydrogen-bond donors (Lipinski definition) is 1. The van der Waals surface area contributed by atoms with Gasteiger partial charge in [0.1, 0.15) is 0 Å². The lowest BCUT2D eigenvalue weighted by Gasteiger charge is -2.35.